The van der Waals surface area contributed by atoms with Crippen LogP contribution in [0.2, 0.25) is 0 Å². The molecule has 0 aliphatic carbocycles. The lowest BCUT2D eigenvalue weighted by Gasteiger charge is -2.36. The molecule has 0 bridgehead atoms. The highest BCUT2D eigenvalue weighted by atomic mass is 32.2. The zero-order valence-electron chi connectivity index (χ0n) is 20.2. The van der Waals surface area contributed by atoms with Gasteiger partial charge in [-0.05, 0) is 47.5 Å². The Morgan fingerprint density at radius 2 is 1.68 bits per heavy atom. The highest BCUT2D eigenvalue weighted by Crippen LogP contribution is 2.39. The van der Waals surface area contributed by atoms with Gasteiger partial charge in [0.2, 0.25) is 0 Å². The number of carbonyl (C=O) groups is 1. The fourth-order valence-electron chi connectivity index (χ4n) is 4.15. The van der Waals surface area contributed by atoms with Gasteiger partial charge >= 0.3 is 0 Å². The van der Waals surface area contributed by atoms with Crippen molar-refractivity contribution in [3.63, 3.8) is 0 Å². The number of rotatable bonds is 8. The summed E-state index contributed by atoms with van der Waals surface area (Å²) < 4.78 is 12.8. The normalized spacial score (nSPS) is 19.3. The van der Waals surface area contributed by atoms with Crippen molar-refractivity contribution >= 4 is 23.4 Å². The summed E-state index contributed by atoms with van der Waals surface area (Å²) in [7, 11) is 0. The first kappa shape index (κ1) is 25.2. The largest absolute Gasteiger partial charge is 0.392 e. The standard InChI is InChI=1S/C30H28N2O4S/c33-19-21-8-10-22(11-9-21)28-17-26(20-37-27-6-2-1-3-7-27)35-30(36-28)23-12-14-25(15-13-23)32-29(34)24-5-4-16-31-18-24/h1-16,18,26,28,30,33H,17,19-20H2,(H,32,34)/t26-,28+,30+/m0/s1. The first-order valence-corrected chi connectivity index (χ1v) is 13.2. The van der Waals surface area contributed by atoms with Gasteiger partial charge < -0.3 is 19.9 Å². The first-order chi connectivity index (χ1) is 18.2. The van der Waals surface area contributed by atoms with Crippen LogP contribution in [-0.2, 0) is 16.1 Å². The number of nitrogens with one attached hydrogen (secondary N) is 1. The number of thioether (sulfide) groups is 1. The van der Waals surface area contributed by atoms with E-state index in [-0.39, 0.29) is 24.7 Å². The summed E-state index contributed by atoms with van der Waals surface area (Å²) in [4.78, 5) is 17.7. The summed E-state index contributed by atoms with van der Waals surface area (Å²) in [6, 6.07) is 29.2. The number of nitrogens with zero attached hydrogens (tertiary/aromatic N) is 1. The van der Waals surface area contributed by atoms with Crippen molar-refractivity contribution in [2.45, 2.75) is 36.4 Å². The van der Waals surface area contributed by atoms with Crippen LogP contribution < -0.4 is 5.32 Å². The molecule has 1 aliphatic rings. The minimum atomic E-state index is -0.541. The molecule has 1 amide bonds. The molecule has 5 rings (SSSR count). The zero-order chi connectivity index (χ0) is 25.5. The molecule has 3 atom stereocenters. The number of amides is 1. The SMILES string of the molecule is O=C(Nc1ccc([C@@H]2O[C@H](CSc3ccccc3)C[C@H](c3ccc(CO)cc3)O2)cc1)c1cccnc1. The third-order valence-corrected chi connectivity index (χ3v) is 7.30. The molecule has 0 saturated carbocycles. The maximum atomic E-state index is 12.5. The molecule has 0 spiro atoms. The summed E-state index contributed by atoms with van der Waals surface area (Å²) >= 11 is 1.77. The predicted octanol–water partition coefficient (Wildman–Crippen LogP) is 6.16. The fraction of sp³-hybridized carbons (Fsp3) is 0.200. The molecule has 37 heavy (non-hydrogen) atoms. The molecule has 7 heteroatoms. The van der Waals surface area contributed by atoms with Crippen LogP contribution in [0.3, 0.4) is 0 Å². The number of benzene rings is 3. The lowest BCUT2D eigenvalue weighted by atomic mass is 10.0. The van der Waals surface area contributed by atoms with Crippen molar-refractivity contribution in [1.82, 2.24) is 4.98 Å². The van der Waals surface area contributed by atoms with Crippen LogP contribution in [0, 0.1) is 0 Å². The summed E-state index contributed by atoms with van der Waals surface area (Å²) in [6.45, 7) is 0.0115. The van der Waals surface area contributed by atoms with Gasteiger partial charge in [0.05, 0.1) is 24.4 Å². The van der Waals surface area contributed by atoms with E-state index < -0.39 is 6.29 Å². The smallest absolute Gasteiger partial charge is 0.257 e. The van der Waals surface area contributed by atoms with E-state index in [2.05, 4.69) is 22.4 Å². The Hall–Kier alpha value is -3.49. The molecule has 1 aliphatic heterocycles. The molecule has 1 aromatic heterocycles. The summed E-state index contributed by atoms with van der Waals surface area (Å²) in [5, 5.41) is 12.3. The Bertz CT molecular complexity index is 1280. The van der Waals surface area contributed by atoms with Crippen molar-refractivity contribution in [2.75, 3.05) is 11.1 Å². The van der Waals surface area contributed by atoms with Gasteiger partial charge in [0.25, 0.3) is 5.91 Å². The Labute approximate surface area is 220 Å². The third-order valence-electron chi connectivity index (χ3n) is 6.16. The molecule has 188 valence electrons. The van der Waals surface area contributed by atoms with Crippen LogP contribution in [-0.4, -0.2) is 27.9 Å². The molecule has 4 aromatic rings. The van der Waals surface area contributed by atoms with Gasteiger partial charge in [-0.3, -0.25) is 9.78 Å². The number of hydrogen-bond donors (Lipinski definition) is 2. The van der Waals surface area contributed by atoms with Crippen LogP contribution in [0.25, 0.3) is 0 Å². The van der Waals surface area contributed by atoms with Gasteiger partial charge in [-0.15, -0.1) is 11.8 Å². The second kappa shape index (κ2) is 12.2. The molecular formula is C30H28N2O4S. The van der Waals surface area contributed by atoms with Gasteiger partial charge in [-0.2, -0.15) is 0 Å². The maximum Gasteiger partial charge on any atom is 0.257 e. The average Bonchev–Trinajstić information content (AvgIpc) is 2.97. The lowest BCUT2D eigenvalue weighted by molar-refractivity contribution is -0.245. The van der Waals surface area contributed by atoms with E-state index in [1.165, 1.54) is 11.1 Å². The second-order valence-corrected chi connectivity index (χ2v) is 9.89. The van der Waals surface area contributed by atoms with Crippen molar-refractivity contribution in [3.05, 3.63) is 126 Å². The molecule has 0 unspecified atom stereocenters. The second-order valence-electron chi connectivity index (χ2n) is 8.79. The van der Waals surface area contributed by atoms with E-state index in [1.807, 2.05) is 66.7 Å². The Morgan fingerprint density at radius 1 is 0.919 bits per heavy atom. The topological polar surface area (TPSA) is 80.7 Å². The number of hydrogen-bond acceptors (Lipinski definition) is 6. The van der Waals surface area contributed by atoms with Crippen LogP contribution >= 0.6 is 11.8 Å². The van der Waals surface area contributed by atoms with Crippen LogP contribution in [0.4, 0.5) is 5.69 Å². The van der Waals surface area contributed by atoms with Crippen molar-refractivity contribution in [3.8, 4) is 0 Å². The lowest BCUT2D eigenvalue weighted by Crippen LogP contribution is -2.31. The monoisotopic (exact) mass is 512 g/mol. The molecule has 0 radical (unpaired) electrons. The van der Waals surface area contributed by atoms with E-state index in [4.69, 9.17) is 9.47 Å². The Kier molecular flexibility index (Phi) is 8.28. The highest BCUT2D eigenvalue weighted by Gasteiger charge is 2.32. The minimum absolute atomic E-state index is 0.0115. The van der Waals surface area contributed by atoms with Crippen LogP contribution in [0.5, 0.6) is 0 Å². The molecule has 6 nitrogen and oxygen atoms in total. The van der Waals surface area contributed by atoms with E-state index >= 15 is 0 Å². The van der Waals surface area contributed by atoms with Crippen LogP contribution in [0.1, 0.15) is 45.9 Å². The number of anilines is 1. The quantitative estimate of drug-likeness (QED) is 0.275. The van der Waals surface area contributed by atoms with E-state index in [1.54, 1.807) is 30.1 Å². The van der Waals surface area contributed by atoms with E-state index in [0.29, 0.717) is 11.3 Å². The van der Waals surface area contributed by atoms with Gasteiger partial charge in [0, 0.05) is 40.7 Å². The molecule has 2 heterocycles. The molecule has 1 saturated heterocycles. The molecule has 1 fully saturated rings. The summed E-state index contributed by atoms with van der Waals surface area (Å²) in [6.07, 6.45) is 3.20. The zero-order valence-corrected chi connectivity index (χ0v) is 21.0. The molecule has 3 aromatic carbocycles. The van der Waals surface area contributed by atoms with E-state index in [9.17, 15) is 9.90 Å². The number of pyridine rings is 1. The number of aliphatic hydroxyl groups excluding tert-OH is 1. The Morgan fingerprint density at radius 3 is 2.38 bits per heavy atom. The average molecular weight is 513 g/mol. The molecule has 2 N–H and O–H groups in total. The summed E-state index contributed by atoms with van der Waals surface area (Å²) in [5.74, 6) is 0.587. The predicted molar refractivity (Wildman–Crippen MR) is 144 cm³/mol. The van der Waals surface area contributed by atoms with Crippen molar-refractivity contribution in [1.29, 1.82) is 0 Å². The number of ether oxygens (including phenoxy) is 2. The number of aromatic nitrogens is 1. The minimum Gasteiger partial charge on any atom is -0.392 e. The van der Waals surface area contributed by atoms with Crippen molar-refractivity contribution < 1.29 is 19.4 Å². The number of carbonyl (C=O) groups excluding carboxylic acids is 1. The first-order valence-electron chi connectivity index (χ1n) is 12.2. The number of aliphatic hydroxyl groups is 1. The highest BCUT2D eigenvalue weighted by molar-refractivity contribution is 7.99. The van der Waals surface area contributed by atoms with Gasteiger partial charge in [0.15, 0.2) is 6.29 Å². The van der Waals surface area contributed by atoms with Gasteiger partial charge in [-0.25, -0.2) is 0 Å². The summed E-state index contributed by atoms with van der Waals surface area (Å²) in [5.41, 5.74) is 3.99. The van der Waals surface area contributed by atoms with Crippen LogP contribution in [0.15, 0.2) is 108 Å². The fourth-order valence-corrected chi connectivity index (χ4v) is 5.10. The molecular weight excluding hydrogens is 484 g/mol. The van der Waals surface area contributed by atoms with Gasteiger partial charge in [-0.1, -0.05) is 54.6 Å². The maximum absolute atomic E-state index is 12.5. The van der Waals surface area contributed by atoms with Crippen molar-refractivity contribution in [2.24, 2.45) is 0 Å². The van der Waals surface area contributed by atoms with Gasteiger partial charge in [0.1, 0.15) is 0 Å². The third kappa shape index (κ3) is 6.64. The van der Waals surface area contributed by atoms with E-state index in [0.717, 1.165) is 28.9 Å². The Balaban J connectivity index is 1.31.